The van der Waals surface area contributed by atoms with Crippen molar-refractivity contribution >= 4 is 11.8 Å². The first-order chi connectivity index (χ1) is 10.3. The Morgan fingerprint density at radius 2 is 2.23 bits per heavy atom. The van der Waals surface area contributed by atoms with Gasteiger partial charge in [0.15, 0.2) is 0 Å². The molecule has 2 heterocycles. The van der Waals surface area contributed by atoms with E-state index in [1.54, 1.807) is 6.07 Å². The first-order valence-electron chi connectivity index (χ1n) is 6.69. The van der Waals surface area contributed by atoms with E-state index < -0.39 is 18.6 Å². The van der Waals surface area contributed by atoms with Gasteiger partial charge < -0.3 is 14.6 Å². The van der Waals surface area contributed by atoms with Crippen molar-refractivity contribution in [2.24, 2.45) is 0 Å². The van der Waals surface area contributed by atoms with Crippen molar-refractivity contribution in [2.75, 3.05) is 32.7 Å². The van der Waals surface area contributed by atoms with Crippen molar-refractivity contribution in [3.05, 3.63) is 24.2 Å². The third kappa shape index (κ3) is 5.06. The fourth-order valence-electron chi connectivity index (χ4n) is 2.16. The molecule has 1 aromatic rings. The third-order valence-corrected chi connectivity index (χ3v) is 3.13. The minimum absolute atomic E-state index is 0.00630. The normalized spacial score (nSPS) is 16.4. The molecule has 9 heteroatoms. The lowest BCUT2D eigenvalue weighted by atomic mass is 10.3. The van der Waals surface area contributed by atoms with Crippen LogP contribution < -0.4 is 5.32 Å². The summed E-state index contributed by atoms with van der Waals surface area (Å²) in [5, 5.41) is 2.59. The molecule has 1 aliphatic rings. The maximum absolute atomic E-state index is 12.6. The van der Waals surface area contributed by atoms with Crippen LogP contribution in [0, 0.1) is 0 Å². The predicted octanol–water partition coefficient (Wildman–Crippen LogP) is 0.602. The number of piperazine rings is 1. The lowest BCUT2D eigenvalue weighted by Crippen LogP contribution is -2.51. The van der Waals surface area contributed by atoms with Gasteiger partial charge in [0.1, 0.15) is 12.3 Å². The average Bonchev–Trinajstić information content (AvgIpc) is 2.89. The number of carbonyl (C=O) groups excluding carboxylic acids is 2. The number of carbonyl (C=O) groups is 2. The number of amides is 2. The summed E-state index contributed by atoms with van der Waals surface area (Å²) in [7, 11) is 0. The van der Waals surface area contributed by atoms with Crippen molar-refractivity contribution in [1.82, 2.24) is 15.1 Å². The highest BCUT2D eigenvalue weighted by Crippen LogP contribution is 2.18. The van der Waals surface area contributed by atoms with E-state index in [1.165, 1.54) is 17.2 Å². The Hall–Kier alpha value is -2.03. The largest absolute Gasteiger partial charge is 0.467 e. The number of alkyl halides is 3. The fourth-order valence-corrected chi connectivity index (χ4v) is 2.16. The monoisotopic (exact) mass is 319 g/mol. The topological polar surface area (TPSA) is 65.8 Å². The van der Waals surface area contributed by atoms with Crippen LogP contribution in [0.25, 0.3) is 0 Å². The highest BCUT2D eigenvalue weighted by molar-refractivity contribution is 5.81. The molecular formula is C13H16F3N3O3. The van der Waals surface area contributed by atoms with Crippen LogP contribution in [-0.2, 0) is 16.1 Å². The first-order valence-corrected chi connectivity index (χ1v) is 6.69. The quantitative estimate of drug-likeness (QED) is 0.863. The summed E-state index contributed by atoms with van der Waals surface area (Å²) >= 11 is 0. The number of furan rings is 1. The number of nitrogens with one attached hydrogen (secondary N) is 1. The van der Waals surface area contributed by atoms with Gasteiger partial charge in [-0.1, -0.05) is 0 Å². The van der Waals surface area contributed by atoms with E-state index in [9.17, 15) is 22.8 Å². The zero-order chi connectivity index (χ0) is 16.2. The smallest absolute Gasteiger partial charge is 0.406 e. The number of hydrogen-bond acceptors (Lipinski definition) is 4. The molecule has 1 saturated heterocycles. The number of nitrogens with zero attached hydrogens (tertiary/aromatic N) is 2. The molecule has 22 heavy (non-hydrogen) atoms. The van der Waals surface area contributed by atoms with E-state index in [0.717, 1.165) is 0 Å². The summed E-state index contributed by atoms with van der Waals surface area (Å²) in [6.45, 7) is -1.03. The molecule has 2 amide bonds. The number of hydrogen-bond donors (Lipinski definition) is 1. The summed E-state index contributed by atoms with van der Waals surface area (Å²) in [4.78, 5) is 25.6. The molecule has 1 aromatic heterocycles. The fraction of sp³-hybridized carbons (Fsp3) is 0.538. The zero-order valence-corrected chi connectivity index (χ0v) is 11.7. The molecule has 1 N–H and O–H groups in total. The van der Waals surface area contributed by atoms with Crippen LogP contribution in [0.4, 0.5) is 13.2 Å². The lowest BCUT2D eigenvalue weighted by Gasteiger charge is -2.29. The van der Waals surface area contributed by atoms with Crippen molar-refractivity contribution < 1.29 is 27.2 Å². The highest BCUT2D eigenvalue weighted by atomic mass is 19.4. The number of rotatable bonds is 5. The summed E-state index contributed by atoms with van der Waals surface area (Å²) in [6.07, 6.45) is -3.16. The van der Waals surface area contributed by atoms with E-state index in [0.29, 0.717) is 18.0 Å². The average molecular weight is 319 g/mol. The summed E-state index contributed by atoms with van der Waals surface area (Å²) < 4.78 is 42.9. The lowest BCUT2D eigenvalue weighted by molar-refractivity contribution is -0.163. The number of halogens is 3. The summed E-state index contributed by atoms with van der Waals surface area (Å²) in [5.41, 5.74) is 0. The van der Waals surface area contributed by atoms with Crippen molar-refractivity contribution in [3.63, 3.8) is 0 Å². The van der Waals surface area contributed by atoms with E-state index in [-0.39, 0.29) is 31.3 Å². The van der Waals surface area contributed by atoms with Gasteiger partial charge in [0, 0.05) is 13.1 Å². The van der Waals surface area contributed by atoms with Crippen molar-refractivity contribution in [2.45, 2.75) is 12.7 Å². The molecule has 0 atom stereocenters. The van der Waals surface area contributed by atoms with Gasteiger partial charge in [-0.05, 0) is 12.1 Å². The molecule has 1 fully saturated rings. The molecule has 0 spiro atoms. The predicted molar refractivity (Wildman–Crippen MR) is 69.6 cm³/mol. The van der Waals surface area contributed by atoms with Gasteiger partial charge in [-0.15, -0.1) is 0 Å². The third-order valence-electron chi connectivity index (χ3n) is 3.13. The highest BCUT2D eigenvalue weighted by Gasteiger charge is 2.34. The van der Waals surface area contributed by atoms with Crippen LogP contribution in [0.3, 0.4) is 0 Å². The summed E-state index contributed by atoms with van der Waals surface area (Å²) in [6, 6.07) is 3.05. The van der Waals surface area contributed by atoms with E-state index >= 15 is 0 Å². The van der Waals surface area contributed by atoms with Gasteiger partial charge in [-0.2, -0.15) is 13.2 Å². The Morgan fingerprint density at radius 1 is 1.45 bits per heavy atom. The molecule has 2 rings (SSSR count). The molecule has 0 aromatic carbocycles. The first kappa shape index (κ1) is 16.3. The van der Waals surface area contributed by atoms with Crippen LogP contribution in [-0.4, -0.2) is 60.5 Å². The van der Waals surface area contributed by atoms with E-state index in [1.807, 2.05) is 0 Å². The van der Waals surface area contributed by atoms with Gasteiger partial charge in [0.2, 0.25) is 11.8 Å². The Labute approximate surface area is 124 Å². The Bertz CT molecular complexity index is 516. The molecule has 1 aliphatic heterocycles. The molecule has 0 saturated carbocycles. The molecule has 0 radical (unpaired) electrons. The second kappa shape index (κ2) is 6.82. The Morgan fingerprint density at radius 3 is 2.82 bits per heavy atom. The zero-order valence-electron chi connectivity index (χ0n) is 11.7. The van der Waals surface area contributed by atoms with Gasteiger partial charge >= 0.3 is 6.18 Å². The van der Waals surface area contributed by atoms with Gasteiger partial charge in [0.25, 0.3) is 0 Å². The minimum atomic E-state index is -4.50. The van der Waals surface area contributed by atoms with Crippen LogP contribution in [0.2, 0.25) is 0 Å². The molecule has 0 unspecified atom stereocenters. The Kier molecular flexibility index (Phi) is 5.07. The molecular weight excluding hydrogens is 303 g/mol. The molecule has 122 valence electrons. The van der Waals surface area contributed by atoms with Crippen LogP contribution in [0.5, 0.6) is 0 Å². The van der Waals surface area contributed by atoms with Crippen molar-refractivity contribution in [1.29, 1.82) is 0 Å². The SMILES string of the molecule is O=C1CN(CC(=O)N(Cc2ccco2)CC(F)(F)F)CCN1. The second-order valence-corrected chi connectivity index (χ2v) is 5.00. The second-order valence-electron chi connectivity index (χ2n) is 5.00. The summed E-state index contributed by atoms with van der Waals surface area (Å²) in [5.74, 6) is -0.662. The van der Waals surface area contributed by atoms with Crippen LogP contribution in [0.15, 0.2) is 22.8 Å². The maximum Gasteiger partial charge on any atom is 0.406 e. The van der Waals surface area contributed by atoms with Gasteiger partial charge in [-0.25, -0.2) is 0 Å². The molecule has 6 nitrogen and oxygen atoms in total. The van der Waals surface area contributed by atoms with Crippen LogP contribution in [0.1, 0.15) is 5.76 Å². The van der Waals surface area contributed by atoms with Crippen molar-refractivity contribution in [3.8, 4) is 0 Å². The van der Waals surface area contributed by atoms with E-state index in [4.69, 9.17) is 4.42 Å². The maximum atomic E-state index is 12.6. The Balaban J connectivity index is 1.99. The molecule has 0 aliphatic carbocycles. The standard InChI is InChI=1S/C13H16F3N3O3/c14-13(15,16)9-19(6-10-2-1-5-22-10)12(21)8-18-4-3-17-11(20)7-18/h1-2,5H,3-4,6-9H2,(H,17,20). The molecule has 0 bridgehead atoms. The van der Waals surface area contributed by atoms with Gasteiger partial charge in [0.05, 0.1) is 25.9 Å². The van der Waals surface area contributed by atoms with Crippen LogP contribution >= 0.6 is 0 Å². The minimum Gasteiger partial charge on any atom is -0.467 e. The van der Waals surface area contributed by atoms with E-state index in [2.05, 4.69) is 5.32 Å². The van der Waals surface area contributed by atoms with Gasteiger partial charge in [-0.3, -0.25) is 14.5 Å².